The van der Waals surface area contributed by atoms with Crippen molar-refractivity contribution >= 4 is 40.7 Å². The van der Waals surface area contributed by atoms with Gasteiger partial charge in [-0.25, -0.2) is 0 Å². The normalized spacial score (nSPS) is 31.8. The third-order valence-corrected chi connectivity index (χ3v) is 2.52. The van der Waals surface area contributed by atoms with Crippen LogP contribution in [-0.2, 0) is 9.47 Å². The molecule has 1 aliphatic heterocycles. The molecule has 0 N–H and O–H groups in total. The number of rotatable bonds is 2. The van der Waals surface area contributed by atoms with Gasteiger partial charge in [0.15, 0.2) is 6.29 Å². The molecular weight excluding hydrogens is 276 g/mol. The highest BCUT2D eigenvalue weighted by atomic mass is 35.6. The first kappa shape index (κ1) is 14.1. The van der Waals surface area contributed by atoms with Gasteiger partial charge in [-0.2, -0.15) is 0 Å². The molecule has 0 amide bonds. The molecule has 0 aliphatic carbocycles. The van der Waals surface area contributed by atoms with Gasteiger partial charge in [0, 0.05) is 13.0 Å². The summed E-state index contributed by atoms with van der Waals surface area (Å²) in [5, 5.41) is 11.3. The van der Waals surface area contributed by atoms with Crippen LogP contribution in [0.15, 0.2) is 17.1 Å². The summed E-state index contributed by atoms with van der Waals surface area (Å²) in [7, 11) is 1.52. The Balaban J connectivity index is 2.76. The first-order chi connectivity index (χ1) is 7.34. The summed E-state index contributed by atoms with van der Waals surface area (Å²) in [5.74, 6) is -0.807. The zero-order valence-corrected chi connectivity index (χ0v) is 11.0. The van der Waals surface area contributed by atoms with E-state index in [4.69, 9.17) is 44.3 Å². The molecule has 7 heteroatoms. The summed E-state index contributed by atoms with van der Waals surface area (Å²) in [5.41, 5.74) is 0. The molecule has 1 aliphatic rings. The molecule has 0 fully saturated rings. The molecule has 0 spiro atoms. The number of aliphatic imine (C=N–C) groups is 1. The standard InChI is InChI=1S/C9H12Cl3NO3/c1-5-6(3-4-7(15-2)16-5)13-8(14)9(10,11)12/h3-7H,1-2H3,(H,13,14)/p-1/t5-,6+,7+/m0/s1. The minimum absolute atomic E-state index is 0.314. The van der Waals surface area contributed by atoms with E-state index in [9.17, 15) is 5.11 Å². The van der Waals surface area contributed by atoms with Gasteiger partial charge in [-0.05, 0) is 13.0 Å². The minimum Gasteiger partial charge on any atom is -0.859 e. The molecule has 0 aromatic rings. The highest BCUT2D eigenvalue weighted by Crippen LogP contribution is 2.27. The van der Waals surface area contributed by atoms with Gasteiger partial charge in [-0.15, -0.1) is 0 Å². The minimum atomic E-state index is -2.02. The number of halogens is 3. The van der Waals surface area contributed by atoms with Crippen molar-refractivity contribution in [3.63, 3.8) is 0 Å². The Morgan fingerprint density at radius 2 is 2.06 bits per heavy atom. The molecule has 4 nitrogen and oxygen atoms in total. The molecule has 1 rings (SSSR count). The van der Waals surface area contributed by atoms with E-state index >= 15 is 0 Å². The van der Waals surface area contributed by atoms with Crippen LogP contribution in [0.3, 0.4) is 0 Å². The van der Waals surface area contributed by atoms with Gasteiger partial charge in [0.05, 0.1) is 12.1 Å². The van der Waals surface area contributed by atoms with Crippen molar-refractivity contribution in [3.05, 3.63) is 12.2 Å². The molecule has 0 saturated carbocycles. The molecule has 16 heavy (non-hydrogen) atoms. The summed E-state index contributed by atoms with van der Waals surface area (Å²) in [6, 6.07) is -0.463. The Morgan fingerprint density at radius 1 is 1.44 bits per heavy atom. The van der Waals surface area contributed by atoms with Gasteiger partial charge >= 0.3 is 0 Å². The van der Waals surface area contributed by atoms with Gasteiger partial charge in [0.1, 0.15) is 0 Å². The Labute approximate surface area is 109 Å². The van der Waals surface area contributed by atoms with Crippen molar-refractivity contribution in [2.24, 2.45) is 4.99 Å². The molecule has 0 saturated heterocycles. The van der Waals surface area contributed by atoms with Gasteiger partial charge < -0.3 is 14.6 Å². The number of methoxy groups -OCH3 is 1. The molecule has 0 unspecified atom stereocenters. The largest absolute Gasteiger partial charge is 0.859 e. The fourth-order valence-electron chi connectivity index (χ4n) is 1.19. The van der Waals surface area contributed by atoms with Crippen molar-refractivity contribution in [1.82, 2.24) is 0 Å². The Morgan fingerprint density at radius 3 is 2.50 bits per heavy atom. The van der Waals surface area contributed by atoms with E-state index in [2.05, 4.69) is 4.99 Å². The van der Waals surface area contributed by atoms with Gasteiger partial charge in [0.25, 0.3) is 0 Å². The van der Waals surface area contributed by atoms with Crippen LogP contribution in [0, 0.1) is 0 Å². The average Bonchev–Trinajstić information content (AvgIpc) is 2.19. The van der Waals surface area contributed by atoms with Crippen LogP contribution in [0.2, 0.25) is 0 Å². The maximum atomic E-state index is 11.3. The maximum Gasteiger partial charge on any atom is 0.218 e. The third-order valence-electron chi connectivity index (χ3n) is 2.04. The topological polar surface area (TPSA) is 53.9 Å². The van der Waals surface area contributed by atoms with Crippen molar-refractivity contribution in [3.8, 4) is 0 Å². The lowest BCUT2D eigenvalue weighted by atomic mass is 10.1. The van der Waals surface area contributed by atoms with E-state index in [-0.39, 0.29) is 6.10 Å². The lowest BCUT2D eigenvalue weighted by molar-refractivity contribution is -0.218. The van der Waals surface area contributed by atoms with E-state index in [1.165, 1.54) is 7.11 Å². The van der Waals surface area contributed by atoms with Gasteiger partial charge in [-0.1, -0.05) is 40.9 Å². The number of alkyl halides is 3. The van der Waals surface area contributed by atoms with Gasteiger partial charge in [0.2, 0.25) is 3.79 Å². The van der Waals surface area contributed by atoms with Gasteiger partial charge in [-0.3, -0.25) is 4.99 Å². The zero-order valence-electron chi connectivity index (χ0n) is 8.69. The molecule has 92 valence electrons. The number of nitrogens with zero attached hydrogens (tertiary/aromatic N) is 1. The van der Waals surface area contributed by atoms with Crippen LogP contribution in [0.5, 0.6) is 0 Å². The summed E-state index contributed by atoms with van der Waals surface area (Å²) >= 11 is 16.2. The molecule has 0 bridgehead atoms. The molecule has 0 aromatic heterocycles. The summed E-state index contributed by atoms with van der Waals surface area (Å²) in [6.07, 6.45) is 2.60. The average molecular weight is 288 g/mol. The van der Waals surface area contributed by atoms with Crippen molar-refractivity contribution in [1.29, 1.82) is 0 Å². The van der Waals surface area contributed by atoms with Crippen LogP contribution in [0.25, 0.3) is 0 Å². The number of ether oxygens (including phenoxy) is 2. The predicted molar refractivity (Wildman–Crippen MR) is 62.0 cm³/mol. The first-order valence-electron chi connectivity index (χ1n) is 4.53. The quantitative estimate of drug-likeness (QED) is 0.334. The van der Waals surface area contributed by atoms with Crippen LogP contribution in [0.1, 0.15) is 6.92 Å². The number of hydrogen-bond acceptors (Lipinski definition) is 4. The van der Waals surface area contributed by atoms with Crippen LogP contribution < -0.4 is 5.11 Å². The summed E-state index contributed by atoms with van der Waals surface area (Å²) in [6.45, 7) is 1.76. The van der Waals surface area contributed by atoms with E-state index in [1.54, 1.807) is 19.1 Å². The van der Waals surface area contributed by atoms with Crippen LogP contribution >= 0.6 is 34.8 Å². The summed E-state index contributed by atoms with van der Waals surface area (Å²) < 4.78 is 8.32. The molecule has 1 heterocycles. The first-order valence-corrected chi connectivity index (χ1v) is 5.66. The highest BCUT2D eigenvalue weighted by molar-refractivity contribution is 6.75. The second kappa shape index (κ2) is 5.56. The number of hydrogen-bond donors (Lipinski definition) is 0. The predicted octanol–water partition coefficient (Wildman–Crippen LogP) is 1.43. The molecule has 0 radical (unpaired) electrons. The highest BCUT2D eigenvalue weighted by Gasteiger charge is 2.26. The second-order valence-corrected chi connectivity index (χ2v) is 5.53. The van der Waals surface area contributed by atoms with Crippen molar-refractivity contribution in [2.45, 2.75) is 29.2 Å². The van der Waals surface area contributed by atoms with E-state index in [0.29, 0.717) is 0 Å². The second-order valence-electron chi connectivity index (χ2n) is 3.25. The Hall–Kier alpha value is -0.0000000000000000763. The lowest BCUT2D eigenvalue weighted by Gasteiger charge is -2.29. The van der Waals surface area contributed by atoms with E-state index < -0.39 is 22.0 Å². The Kier molecular flexibility index (Phi) is 4.88. The van der Waals surface area contributed by atoms with E-state index in [1.807, 2.05) is 0 Å². The van der Waals surface area contributed by atoms with Crippen molar-refractivity contribution in [2.75, 3.05) is 7.11 Å². The monoisotopic (exact) mass is 286 g/mol. The van der Waals surface area contributed by atoms with Crippen molar-refractivity contribution < 1.29 is 14.6 Å². The maximum absolute atomic E-state index is 11.3. The SMILES string of the molecule is CO[C@H]1C=C[C@@H](N=C([O-])C(Cl)(Cl)Cl)[C@H](C)O1. The fraction of sp³-hybridized carbons (Fsp3) is 0.667. The van der Waals surface area contributed by atoms with Crippen LogP contribution in [0.4, 0.5) is 0 Å². The van der Waals surface area contributed by atoms with E-state index in [0.717, 1.165) is 0 Å². The molecule has 0 aromatic carbocycles. The van der Waals surface area contributed by atoms with Crippen LogP contribution in [-0.4, -0.2) is 35.2 Å². The third kappa shape index (κ3) is 3.79. The Bertz CT molecular complexity index is 301. The summed E-state index contributed by atoms with van der Waals surface area (Å²) in [4.78, 5) is 3.75. The zero-order chi connectivity index (χ0) is 12.3. The lowest BCUT2D eigenvalue weighted by Crippen LogP contribution is -2.38. The molecular formula is C9H11Cl3NO3-. The smallest absolute Gasteiger partial charge is 0.218 e. The molecule has 3 atom stereocenters. The fourth-order valence-corrected chi connectivity index (χ4v) is 1.34.